The lowest BCUT2D eigenvalue weighted by molar-refractivity contribution is -0.139. The highest BCUT2D eigenvalue weighted by atomic mass is 16.5. The van der Waals surface area contributed by atoms with E-state index in [9.17, 15) is 14.4 Å². The number of carbonyl (C=O) groups is 1. The summed E-state index contributed by atoms with van der Waals surface area (Å²) in [6.07, 6.45) is 1.41. The van der Waals surface area contributed by atoms with Gasteiger partial charge in [-0.15, -0.1) is 6.54 Å². The van der Waals surface area contributed by atoms with Crippen molar-refractivity contribution in [3.05, 3.63) is 50.8 Å². The number of H-pyrrole nitrogens is 1. The molecule has 0 aliphatic carbocycles. The van der Waals surface area contributed by atoms with Crippen LogP contribution in [0.15, 0.2) is 33.9 Å². The Balaban J connectivity index is 0.000000837. The number of fused-ring (bicyclic) bond motifs is 1. The molecule has 3 aromatic rings. The van der Waals surface area contributed by atoms with E-state index in [1.807, 2.05) is 13.8 Å². The molecule has 0 radical (unpaired) electrons. The van der Waals surface area contributed by atoms with Crippen LogP contribution < -0.4 is 21.7 Å². The molecule has 0 unspecified atom stereocenters. The van der Waals surface area contributed by atoms with Gasteiger partial charge in [-0.3, -0.25) is 13.9 Å². The standard InChI is InChI=1S/C19H22N4O5.C2H7N2/c1-3-9-22-17-15(18(26)23(10-4-2)19(22)27)20-16(21-17)12-5-7-13(8-6-12)28-11-14(24)25;3-1-2-4/h5-8H,3-4,9-11H2,1-2H3,(H,20,21)(H,24,25);3H,1-2,4H2/q;-1. The molecule has 1 aromatic carbocycles. The monoisotopic (exact) mass is 445 g/mol. The molecular formula is C21H29N6O5-. The van der Waals surface area contributed by atoms with Crippen LogP contribution in [-0.4, -0.2) is 49.9 Å². The fourth-order valence-corrected chi connectivity index (χ4v) is 3.00. The van der Waals surface area contributed by atoms with Crippen molar-refractivity contribution in [1.29, 1.82) is 0 Å². The Morgan fingerprint density at radius 1 is 1.16 bits per heavy atom. The van der Waals surface area contributed by atoms with Crippen LogP contribution in [0, 0.1) is 0 Å². The first-order valence-corrected chi connectivity index (χ1v) is 10.4. The fraction of sp³-hybridized carbons (Fsp3) is 0.429. The smallest absolute Gasteiger partial charge is 0.341 e. The van der Waals surface area contributed by atoms with E-state index in [-0.39, 0.29) is 11.2 Å². The van der Waals surface area contributed by atoms with Gasteiger partial charge in [-0.1, -0.05) is 13.8 Å². The molecule has 0 aliphatic rings. The number of nitrogens with one attached hydrogen (secondary N) is 2. The van der Waals surface area contributed by atoms with Gasteiger partial charge in [-0.25, -0.2) is 14.6 Å². The first-order valence-electron chi connectivity index (χ1n) is 10.4. The number of nitrogens with two attached hydrogens (primary N) is 1. The van der Waals surface area contributed by atoms with Crippen LogP contribution >= 0.6 is 0 Å². The summed E-state index contributed by atoms with van der Waals surface area (Å²) >= 11 is 0. The summed E-state index contributed by atoms with van der Waals surface area (Å²) in [4.78, 5) is 43.6. The van der Waals surface area contributed by atoms with Gasteiger partial charge in [-0.2, -0.15) is 0 Å². The number of carboxylic acid groups (broad SMARTS) is 1. The molecule has 5 N–H and O–H groups in total. The summed E-state index contributed by atoms with van der Waals surface area (Å²) in [7, 11) is 0. The van der Waals surface area contributed by atoms with E-state index in [1.165, 1.54) is 9.13 Å². The molecule has 0 fully saturated rings. The molecule has 32 heavy (non-hydrogen) atoms. The molecule has 0 amide bonds. The minimum Gasteiger partial charge on any atom is -0.676 e. The molecule has 2 heterocycles. The second kappa shape index (κ2) is 11.8. The molecule has 0 saturated carbocycles. The zero-order chi connectivity index (χ0) is 23.7. The number of aryl methyl sites for hydroxylation is 1. The summed E-state index contributed by atoms with van der Waals surface area (Å²) in [6, 6.07) is 6.67. The van der Waals surface area contributed by atoms with Gasteiger partial charge < -0.3 is 26.3 Å². The van der Waals surface area contributed by atoms with Gasteiger partial charge in [0.1, 0.15) is 17.1 Å². The maximum atomic E-state index is 12.7. The van der Waals surface area contributed by atoms with Crippen molar-refractivity contribution in [1.82, 2.24) is 19.1 Å². The van der Waals surface area contributed by atoms with Crippen LogP contribution in [0.1, 0.15) is 26.7 Å². The van der Waals surface area contributed by atoms with E-state index >= 15 is 0 Å². The Morgan fingerprint density at radius 3 is 2.28 bits per heavy atom. The molecule has 11 nitrogen and oxygen atoms in total. The number of nitrogens with zero attached hydrogens (tertiary/aromatic N) is 3. The number of hydrogen-bond donors (Lipinski definition) is 3. The second-order valence-electron chi connectivity index (χ2n) is 6.92. The molecule has 0 aliphatic heterocycles. The van der Waals surface area contributed by atoms with Crippen molar-refractivity contribution in [2.45, 2.75) is 39.8 Å². The number of ether oxygens (including phenoxy) is 1. The third-order valence-electron chi connectivity index (χ3n) is 4.39. The predicted molar refractivity (Wildman–Crippen MR) is 122 cm³/mol. The molecule has 0 atom stereocenters. The van der Waals surface area contributed by atoms with Crippen LogP contribution in [0.25, 0.3) is 28.3 Å². The van der Waals surface area contributed by atoms with E-state index in [1.54, 1.807) is 24.3 Å². The van der Waals surface area contributed by atoms with Crippen LogP contribution in [0.5, 0.6) is 5.75 Å². The van der Waals surface area contributed by atoms with Crippen LogP contribution in [0.3, 0.4) is 0 Å². The summed E-state index contributed by atoms with van der Waals surface area (Å²) in [6.45, 7) is 5.08. The van der Waals surface area contributed by atoms with Gasteiger partial charge in [0.15, 0.2) is 12.3 Å². The zero-order valence-corrected chi connectivity index (χ0v) is 18.3. The molecule has 2 aromatic heterocycles. The topological polar surface area (TPSA) is 169 Å². The molecular weight excluding hydrogens is 416 g/mol. The first-order chi connectivity index (χ1) is 15.4. The first kappa shape index (κ1) is 24.8. The van der Waals surface area contributed by atoms with Gasteiger partial charge in [0.25, 0.3) is 5.56 Å². The number of aromatic amines is 1. The van der Waals surface area contributed by atoms with Gasteiger partial charge in [-0.05, 0) is 43.7 Å². The second-order valence-corrected chi connectivity index (χ2v) is 6.92. The van der Waals surface area contributed by atoms with Gasteiger partial charge in [0.2, 0.25) is 0 Å². The van der Waals surface area contributed by atoms with E-state index in [2.05, 4.69) is 9.97 Å². The fourth-order valence-electron chi connectivity index (χ4n) is 3.00. The number of carboxylic acids is 1. The largest absolute Gasteiger partial charge is 0.676 e. The van der Waals surface area contributed by atoms with E-state index in [0.29, 0.717) is 60.9 Å². The van der Waals surface area contributed by atoms with Gasteiger partial charge >= 0.3 is 11.7 Å². The Bertz CT molecular complexity index is 1140. The summed E-state index contributed by atoms with van der Waals surface area (Å²) < 4.78 is 7.88. The van der Waals surface area contributed by atoms with E-state index < -0.39 is 12.6 Å². The highest BCUT2D eigenvalue weighted by Crippen LogP contribution is 2.21. The van der Waals surface area contributed by atoms with Gasteiger partial charge in [0.05, 0.1) is 0 Å². The Hall–Kier alpha value is -3.44. The molecule has 11 heteroatoms. The summed E-state index contributed by atoms with van der Waals surface area (Å²) in [5, 5.41) is 8.67. The van der Waals surface area contributed by atoms with Crippen LogP contribution in [0.2, 0.25) is 0 Å². The molecule has 0 saturated heterocycles. The van der Waals surface area contributed by atoms with Gasteiger partial charge in [0, 0.05) is 18.7 Å². The lowest BCUT2D eigenvalue weighted by Gasteiger charge is -2.09. The van der Waals surface area contributed by atoms with Crippen molar-refractivity contribution in [3.8, 4) is 17.1 Å². The maximum absolute atomic E-state index is 12.7. The molecule has 174 valence electrons. The third kappa shape index (κ3) is 5.83. The molecule has 3 rings (SSSR count). The lowest BCUT2D eigenvalue weighted by atomic mass is 10.2. The Kier molecular flexibility index (Phi) is 9.17. The normalized spacial score (nSPS) is 10.6. The number of aromatic nitrogens is 4. The summed E-state index contributed by atoms with van der Waals surface area (Å²) in [5.41, 5.74) is 11.8. The summed E-state index contributed by atoms with van der Waals surface area (Å²) in [5.74, 6) is -0.190. The minimum absolute atomic E-state index is 0.294. The SMILES string of the molecule is CCCn1c(=O)c2[nH]c(-c3ccc(OCC(=O)O)cc3)nc2n(CCC)c1=O.[NH-]CCN. The Morgan fingerprint density at radius 2 is 1.75 bits per heavy atom. The number of benzene rings is 1. The zero-order valence-electron chi connectivity index (χ0n) is 18.3. The van der Waals surface area contributed by atoms with Crippen LogP contribution in [-0.2, 0) is 17.9 Å². The third-order valence-corrected chi connectivity index (χ3v) is 4.39. The average molecular weight is 446 g/mol. The number of rotatable bonds is 9. The van der Waals surface area contributed by atoms with E-state index in [4.69, 9.17) is 21.3 Å². The van der Waals surface area contributed by atoms with Crippen molar-refractivity contribution in [3.63, 3.8) is 0 Å². The maximum Gasteiger partial charge on any atom is 0.341 e. The minimum atomic E-state index is -1.06. The molecule has 0 bridgehead atoms. The lowest BCUT2D eigenvalue weighted by Crippen LogP contribution is -2.40. The molecule has 0 spiro atoms. The highest BCUT2D eigenvalue weighted by molar-refractivity contribution is 5.75. The van der Waals surface area contributed by atoms with Crippen molar-refractivity contribution in [2.24, 2.45) is 5.73 Å². The number of aliphatic carboxylic acids is 1. The van der Waals surface area contributed by atoms with E-state index in [0.717, 1.165) is 6.42 Å². The van der Waals surface area contributed by atoms with Crippen molar-refractivity contribution >= 4 is 17.1 Å². The quantitative estimate of drug-likeness (QED) is 0.451. The highest BCUT2D eigenvalue weighted by Gasteiger charge is 2.17. The number of hydrogen-bond acceptors (Lipinski definition) is 6. The Labute approximate surface area is 184 Å². The predicted octanol–water partition coefficient (Wildman–Crippen LogP) is 1.83. The number of imidazole rings is 1. The van der Waals surface area contributed by atoms with Crippen molar-refractivity contribution < 1.29 is 14.6 Å². The average Bonchev–Trinajstić information content (AvgIpc) is 3.24. The van der Waals surface area contributed by atoms with Crippen LogP contribution in [0.4, 0.5) is 0 Å². The van der Waals surface area contributed by atoms with Crippen molar-refractivity contribution in [2.75, 3.05) is 19.7 Å².